The molecule has 0 aromatic heterocycles. The van der Waals surface area contributed by atoms with E-state index in [-0.39, 0.29) is 22.3 Å². The molecule has 0 aliphatic heterocycles. The molecule has 0 aromatic rings. The molecular weight excluding hydrogens is 271 g/mol. The molecule has 0 aliphatic rings. The van der Waals surface area contributed by atoms with Crippen LogP contribution in [0.25, 0.3) is 0 Å². The van der Waals surface area contributed by atoms with Gasteiger partial charge in [-0.25, -0.2) is 8.42 Å². The Bertz CT molecular complexity index is 441. The summed E-state index contributed by atoms with van der Waals surface area (Å²) in [7, 11) is -1.45. The molecule has 1 unspecified atom stereocenters. The lowest BCUT2D eigenvalue weighted by Crippen LogP contribution is -2.45. The van der Waals surface area contributed by atoms with Gasteiger partial charge in [-0.1, -0.05) is 54.8 Å². The van der Waals surface area contributed by atoms with Gasteiger partial charge in [0.25, 0.3) is 0 Å². The minimum absolute atomic E-state index is 0.0362. The molecule has 0 heterocycles. The second-order valence-electron chi connectivity index (χ2n) is 8.31. The van der Waals surface area contributed by atoms with Crippen LogP contribution in [0.3, 0.4) is 0 Å². The number of hydrogen-bond acceptors (Lipinski definition) is 3. The summed E-state index contributed by atoms with van der Waals surface area (Å²) in [6.45, 7) is 14.6. The number of carbonyl (C=O) groups excluding carboxylic acids is 1. The van der Waals surface area contributed by atoms with E-state index < -0.39 is 15.3 Å². The van der Waals surface area contributed by atoms with Gasteiger partial charge in [0.1, 0.15) is 9.84 Å². The normalized spacial score (nSPS) is 16.6. The molecule has 0 aromatic carbocycles. The number of rotatable bonds is 6. The molecule has 0 saturated heterocycles. The molecule has 0 rings (SSSR count). The molecule has 20 heavy (non-hydrogen) atoms. The van der Waals surface area contributed by atoms with Crippen LogP contribution in [0.5, 0.6) is 0 Å². The van der Waals surface area contributed by atoms with Crippen molar-refractivity contribution < 1.29 is 13.2 Å². The maximum absolute atomic E-state index is 12.6. The fourth-order valence-electron chi connectivity index (χ4n) is 2.41. The van der Waals surface area contributed by atoms with Crippen molar-refractivity contribution in [1.82, 2.24) is 0 Å². The van der Waals surface area contributed by atoms with Gasteiger partial charge in [-0.2, -0.15) is 0 Å². The Labute approximate surface area is 126 Å². The molecular formula is C15H30BO3S. The molecule has 0 N–H and O–H groups in total. The highest BCUT2D eigenvalue weighted by atomic mass is 32.2. The molecule has 0 saturated carbocycles. The van der Waals surface area contributed by atoms with Crippen LogP contribution in [-0.4, -0.2) is 33.4 Å². The third-order valence-electron chi connectivity index (χ3n) is 3.90. The summed E-state index contributed by atoms with van der Waals surface area (Å²) in [5, 5.41) is 0. The maximum Gasteiger partial charge on any atom is 0.204 e. The zero-order chi connectivity index (χ0) is 16.4. The fourth-order valence-corrected chi connectivity index (χ4v) is 2.96. The summed E-state index contributed by atoms with van der Waals surface area (Å²) >= 11 is 0. The first-order valence-electron chi connectivity index (χ1n) is 7.14. The van der Waals surface area contributed by atoms with Crippen LogP contribution in [0.1, 0.15) is 54.9 Å². The highest BCUT2D eigenvalue weighted by molar-refractivity contribution is 7.90. The van der Waals surface area contributed by atoms with Crippen molar-refractivity contribution >= 4 is 22.8 Å². The Morgan fingerprint density at radius 1 is 1.00 bits per heavy atom. The first-order chi connectivity index (χ1) is 8.58. The largest absolute Gasteiger partial charge is 0.311 e. The molecule has 0 amide bonds. The van der Waals surface area contributed by atoms with Gasteiger partial charge < -0.3 is 4.79 Å². The van der Waals surface area contributed by atoms with E-state index in [1.165, 1.54) is 6.26 Å². The van der Waals surface area contributed by atoms with E-state index in [0.717, 1.165) is 6.42 Å². The maximum atomic E-state index is 12.6. The van der Waals surface area contributed by atoms with Crippen molar-refractivity contribution in [3.05, 3.63) is 0 Å². The number of sulfone groups is 1. The monoisotopic (exact) mass is 301 g/mol. The first-order valence-corrected chi connectivity index (χ1v) is 9.20. The van der Waals surface area contributed by atoms with Crippen molar-refractivity contribution in [2.24, 2.45) is 16.2 Å². The zero-order valence-electron chi connectivity index (χ0n) is 14.3. The van der Waals surface area contributed by atoms with E-state index >= 15 is 0 Å². The van der Waals surface area contributed by atoms with Crippen molar-refractivity contribution in [3.63, 3.8) is 0 Å². The highest BCUT2D eigenvalue weighted by Crippen LogP contribution is 2.47. The van der Waals surface area contributed by atoms with Gasteiger partial charge in [0.2, 0.25) is 7.28 Å². The Morgan fingerprint density at radius 2 is 1.45 bits per heavy atom. The van der Waals surface area contributed by atoms with Gasteiger partial charge in [-0.3, -0.25) is 0 Å². The highest BCUT2D eigenvalue weighted by Gasteiger charge is 2.45. The Hall–Kier alpha value is -0.315. The summed E-state index contributed by atoms with van der Waals surface area (Å²) in [5.41, 5.74) is -0.548. The molecule has 0 aliphatic carbocycles. The smallest absolute Gasteiger partial charge is 0.204 e. The minimum Gasteiger partial charge on any atom is -0.311 e. The lowest BCUT2D eigenvalue weighted by Gasteiger charge is -2.45. The topological polar surface area (TPSA) is 51.2 Å². The average molecular weight is 301 g/mol. The summed E-state index contributed by atoms with van der Waals surface area (Å²) in [6.07, 6.45) is 2.27. The van der Waals surface area contributed by atoms with Crippen LogP contribution in [0.4, 0.5) is 0 Å². The van der Waals surface area contributed by atoms with Gasteiger partial charge in [0, 0.05) is 17.4 Å². The predicted octanol–water partition coefficient (Wildman–Crippen LogP) is 3.17. The average Bonchev–Trinajstić information content (AvgIpc) is 2.10. The fraction of sp³-hybridized carbons (Fsp3) is 0.933. The van der Waals surface area contributed by atoms with Crippen LogP contribution >= 0.6 is 0 Å². The van der Waals surface area contributed by atoms with Gasteiger partial charge in [-0.05, 0) is 17.3 Å². The summed E-state index contributed by atoms with van der Waals surface area (Å²) in [4.78, 5) is 12.6. The third kappa shape index (κ3) is 6.42. The van der Waals surface area contributed by atoms with Crippen LogP contribution in [0.15, 0.2) is 0 Å². The molecule has 1 atom stereocenters. The summed E-state index contributed by atoms with van der Waals surface area (Å²) in [6, 6.07) is 0. The SMILES string of the molecule is CC(C)(C)CC(C)(C(=O)[B]CCS(C)(=O)=O)C(C)(C)C. The van der Waals surface area contributed by atoms with Crippen LogP contribution in [-0.2, 0) is 14.6 Å². The van der Waals surface area contributed by atoms with Gasteiger partial charge >= 0.3 is 0 Å². The molecule has 3 nitrogen and oxygen atoms in total. The van der Waals surface area contributed by atoms with Crippen molar-refractivity contribution in [3.8, 4) is 0 Å². The van der Waals surface area contributed by atoms with Crippen LogP contribution in [0.2, 0.25) is 6.32 Å². The summed E-state index contributed by atoms with van der Waals surface area (Å²) in [5.74, 6) is 0.0362. The number of carbonyl (C=O) groups is 1. The van der Waals surface area contributed by atoms with Crippen LogP contribution < -0.4 is 0 Å². The molecule has 0 fully saturated rings. The van der Waals surface area contributed by atoms with E-state index in [1.807, 2.05) is 6.92 Å². The second-order valence-corrected chi connectivity index (χ2v) is 10.6. The zero-order valence-corrected chi connectivity index (χ0v) is 15.1. The van der Waals surface area contributed by atoms with Crippen LogP contribution in [0, 0.1) is 16.2 Å². The molecule has 5 heteroatoms. The first kappa shape index (κ1) is 19.7. The van der Waals surface area contributed by atoms with Gasteiger partial charge in [0.05, 0.1) is 5.68 Å². The summed E-state index contributed by atoms with van der Waals surface area (Å²) < 4.78 is 22.3. The van der Waals surface area contributed by atoms with Crippen molar-refractivity contribution in [1.29, 1.82) is 0 Å². The Kier molecular flexibility index (Phi) is 6.11. The van der Waals surface area contributed by atoms with Crippen molar-refractivity contribution in [2.45, 2.75) is 61.2 Å². The van der Waals surface area contributed by atoms with E-state index in [1.54, 1.807) is 7.28 Å². The molecule has 0 bridgehead atoms. The Morgan fingerprint density at radius 3 is 1.75 bits per heavy atom. The van der Waals surface area contributed by atoms with E-state index in [0.29, 0.717) is 6.32 Å². The minimum atomic E-state index is -3.02. The van der Waals surface area contributed by atoms with Crippen molar-refractivity contribution in [2.75, 3.05) is 12.0 Å². The van der Waals surface area contributed by atoms with Gasteiger partial charge in [0.15, 0.2) is 0 Å². The second kappa shape index (κ2) is 6.21. The standard InChI is InChI=1S/C15H30BO3S/c1-13(2,3)11-15(7,14(4,5)6)12(17)16-9-10-20(8,18)19/h9-11H2,1-8H3. The predicted molar refractivity (Wildman–Crippen MR) is 86.9 cm³/mol. The van der Waals surface area contributed by atoms with E-state index in [9.17, 15) is 13.2 Å². The van der Waals surface area contributed by atoms with E-state index in [2.05, 4.69) is 41.5 Å². The molecule has 1 radical (unpaired) electrons. The third-order valence-corrected chi connectivity index (χ3v) is 4.88. The lowest BCUT2D eigenvalue weighted by molar-refractivity contribution is -0.128. The number of hydrogen-bond donors (Lipinski definition) is 0. The van der Waals surface area contributed by atoms with E-state index in [4.69, 9.17) is 0 Å². The lowest BCUT2D eigenvalue weighted by atomic mass is 9.50. The Balaban J connectivity index is 5.02. The molecule has 117 valence electrons. The van der Waals surface area contributed by atoms with Gasteiger partial charge in [-0.15, -0.1) is 0 Å². The quantitative estimate of drug-likeness (QED) is 0.708. The molecule has 0 spiro atoms.